The number of benzene rings is 2. The highest BCUT2D eigenvalue weighted by atomic mass is 15.2. The van der Waals surface area contributed by atoms with Crippen molar-refractivity contribution in [3.63, 3.8) is 0 Å². The molecule has 2 heteroatoms. The Morgan fingerprint density at radius 2 is 1.41 bits per heavy atom. The molecule has 4 aliphatic heterocycles. The van der Waals surface area contributed by atoms with Gasteiger partial charge in [0.1, 0.15) is 0 Å². The molecule has 4 saturated heterocycles. The Hall–Kier alpha value is -1.64. The molecule has 4 fully saturated rings. The molecule has 0 radical (unpaired) electrons. The Morgan fingerprint density at radius 1 is 0.704 bits per heavy atom. The van der Waals surface area contributed by atoms with Gasteiger partial charge in [0, 0.05) is 18.5 Å². The van der Waals surface area contributed by atoms with Crippen LogP contribution in [0.4, 0.5) is 0 Å². The molecule has 4 aliphatic rings. The van der Waals surface area contributed by atoms with Crippen LogP contribution < -0.4 is 0 Å². The van der Waals surface area contributed by atoms with E-state index < -0.39 is 0 Å². The van der Waals surface area contributed by atoms with E-state index >= 15 is 0 Å². The van der Waals surface area contributed by atoms with E-state index in [0.717, 1.165) is 12.5 Å². The highest BCUT2D eigenvalue weighted by molar-refractivity contribution is 5.33. The standard InChI is InChI=1S/C25H32N2/c1-3-7-23(8-4-1)25-24(22-13-17-27(25)18-14-22)21-11-9-20(10-12-21)19-26-15-5-2-6-16-26/h1,3-4,7-12,22,24-25H,2,5-6,13-19H2. The first kappa shape index (κ1) is 17.5. The van der Waals surface area contributed by atoms with Gasteiger partial charge < -0.3 is 0 Å². The van der Waals surface area contributed by atoms with Gasteiger partial charge in [0.05, 0.1) is 0 Å². The third kappa shape index (κ3) is 3.58. The van der Waals surface area contributed by atoms with Gasteiger partial charge in [-0.3, -0.25) is 9.80 Å². The molecule has 2 unspecified atom stereocenters. The summed E-state index contributed by atoms with van der Waals surface area (Å²) in [5.41, 5.74) is 4.54. The maximum absolute atomic E-state index is 2.74. The number of rotatable bonds is 4. The van der Waals surface area contributed by atoms with Crippen LogP contribution in [0.2, 0.25) is 0 Å². The van der Waals surface area contributed by atoms with E-state index in [1.165, 1.54) is 69.4 Å². The summed E-state index contributed by atoms with van der Waals surface area (Å²) in [6.07, 6.45) is 6.88. The van der Waals surface area contributed by atoms with E-state index in [4.69, 9.17) is 0 Å². The van der Waals surface area contributed by atoms with E-state index in [1.54, 1.807) is 5.56 Å². The first-order valence-corrected chi connectivity index (χ1v) is 11.0. The van der Waals surface area contributed by atoms with E-state index in [-0.39, 0.29) is 0 Å². The number of nitrogens with zero attached hydrogens (tertiary/aromatic N) is 2. The third-order valence-electron chi connectivity index (χ3n) is 7.18. The lowest BCUT2D eigenvalue weighted by Gasteiger charge is -2.51. The van der Waals surface area contributed by atoms with Gasteiger partial charge in [-0.2, -0.15) is 0 Å². The highest BCUT2D eigenvalue weighted by Crippen LogP contribution is 2.50. The molecule has 2 aromatic carbocycles. The molecule has 2 aromatic rings. The first-order valence-electron chi connectivity index (χ1n) is 11.0. The number of piperidine rings is 4. The summed E-state index contributed by atoms with van der Waals surface area (Å²) in [6, 6.07) is 21.5. The van der Waals surface area contributed by atoms with Gasteiger partial charge in [-0.25, -0.2) is 0 Å². The summed E-state index contributed by atoms with van der Waals surface area (Å²) < 4.78 is 0. The Labute approximate surface area is 164 Å². The lowest BCUT2D eigenvalue weighted by atomic mass is 9.68. The average molecular weight is 361 g/mol. The maximum Gasteiger partial charge on any atom is 0.0419 e. The first-order chi connectivity index (χ1) is 13.4. The molecule has 27 heavy (non-hydrogen) atoms. The van der Waals surface area contributed by atoms with Crippen LogP contribution in [-0.2, 0) is 6.54 Å². The number of hydrogen-bond acceptors (Lipinski definition) is 2. The summed E-state index contributed by atoms with van der Waals surface area (Å²) in [7, 11) is 0. The minimum atomic E-state index is 0.562. The molecule has 2 atom stereocenters. The van der Waals surface area contributed by atoms with Gasteiger partial charge in [-0.15, -0.1) is 0 Å². The SMILES string of the molecule is c1ccc(C2C(c3ccc(CN4CCCCC4)cc3)C3CCN2CC3)cc1. The minimum Gasteiger partial charge on any atom is -0.299 e. The van der Waals surface area contributed by atoms with Gasteiger partial charge in [-0.1, -0.05) is 61.0 Å². The molecular weight excluding hydrogens is 328 g/mol. The fraction of sp³-hybridized carbons (Fsp3) is 0.520. The molecule has 2 nitrogen and oxygen atoms in total. The molecular formula is C25H32N2. The van der Waals surface area contributed by atoms with Gasteiger partial charge in [0.15, 0.2) is 0 Å². The summed E-state index contributed by atoms with van der Waals surface area (Å²) >= 11 is 0. The number of fused-ring (bicyclic) bond motifs is 3. The monoisotopic (exact) mass is 360 g/mol. The summed E-state index contributed by atoms with van der Waals surface area (Å²) in [5, 5.41) is 0. The van der Waals surface area contributed by atoms with Crippen LogP contribution in [0, 0.1) is 5.92 Å². The zero-order valence-corrected chi connectivity index (χ0v) is 16.4. The zero-order chi connectivity index (χ0) is 18.1. The van der Waals surface area contributed by atoms with Crippen molar-refractivity contribution in [2.75, 3.05) is 26.2 Å². The fourth-order valence-corrected chi connectivity index (χ4v) is 5.79. The molecule has 0 N–H and O–H groups in total. The predicted molar refractivity (Wildman–Crippen MR) is 112 cm³/mol. The number of hydrogen-bond donors (Lipinski definition) is 0. The van der Waals surface area contributed by atoms with Gasteiger partial charge >= 0.3 is 0 Å². The van der Waals surface area contributed by atoms with Crippen LogP contribution in [0.15, 0.2) is 54.6 Å². The normalized spacial score (nSPS) is 31.1. The molecule has 0 spiro atoms. The molecule has 4 heterocycles. The molecule has 6 rings (SSSR count). The van der Waals surface area contributed by atoms with Crippen LogP contribution in [0.1, 0.15) is 60.8 Å². The van der Waals surface area contributed by atoms with Crippen molar-refractivity contribution in [3.05, 3.63) is 71.3 Å². The summed E-state index contributed by atoms with van der Waals surface area (Å²) in [5.74, 6) is 1.49. The highest BCUT2D eigenvalue weighted by Gasteiger charge is 2.43. The van der Waals surface area contributed by atoms with E-state index in [1.807, 2.05) is 0 Å². The molecule has 142 valence electrons. The van der Waals surface area contributed by atoms with Crippen LogP contribution in [0.25, 0.3) is 0 Å². The number of likely N-dealkylation sites (tertiary alicyclic amines) is 1. The largest absolute Gasteiger partial charge is 0.299 e. The van der Waals surface area contributed by atoms with Crippen LogP contribution in [0.5, 0.6) is 0 Å². The van der Waals surface area contributed by atoms with Crippen molar-refractivity contribution in [2.45, 2.75) is 50.6 Å². The van der Waals surface area contributed by atoms with Crippen molar-refractivity contribution in [1.82, 2.24) is 9.80 Å². The van der Waals surface area contributed by atoms with Gasteiger partial charge in [0.2, 0.25) is 0 Å². The van der Waals surface area contributed by atoms with Crippen molar-refractivity contribution in [2.24, 2.45) is 5.92 Å². The molecule has 0 saturated carbocycles. The Morgan fingerprint density at radius 3 is 2.11 bits per heavy atom. The second kappa shape index (κ2) is 7.77. The molecule has 0 amide bonds. The molecule has 0 aliphatic carbocycles. The van der Waals surface area contributed by atoms with E-state index in [9.17, 15) is 0 Å². The second-order valence-electron chi connectivity index (χ2n) is 8.83. The van der Waals surface area contributed by atoms with Gasteiger partial charge in [-0.05, 0) is 74.5 Å². The van der Waals surface area contributed by atoms with Gasteiger partial charge in [0.25, 0.3) is 0 Å². The molecule has 2 bridgehead atoms. The van der Waals surface area contributed by atoms with Crippen molar-refractivity contribution in [1.29, 1.82) is 0 Å². The van der Waals surface area contributed by atoms with E-state index in [2.05, 4.69) is 64.4 Å². The van der Waals surface area contributed by atoms with E-state index in [0.29, 0.717) is 12.0 Å². The average Bonchev–Trinajstić information content (AvgIpc) is 2.76. The molecule has 0 aromatic heterocycles. The second-order valence-corrected chi connectivity index (χ2v) is 8.83. The Balaban J connectivity index is 1.38. The topological polar surface area (TPSA) is 6.48 Å². The van der Waals surface area contributed by atoms with Crippen LogP contribution in [0.3, 0.4) is 0 Å². The maximum atomic E-state index is 2.74. The quantitative estimate of drug-likeness (QED) is 0.737. The fourth-order valence-electron chi connectivity index (χ4n) is 5.79. The smallest absolute Gasteiger partial charge is 0.0419 e. The predicted octanol–water partition coefficient (Wildman–Crippen LogP) is 5.22. The van der Waals surface area contributed by atoms with Crippen LogP contribution in [-0.4, -0.2) is 36.0 Å². The lowest BCUT2D eigenvalue weighted by molar-refractivity contribution is 0.0244. The third-order valence-corrected chi connectivity index (χ3v) is 7.18. The summed E-state index contributed by atoms with van der Waals surface area (Å²) in [6.45, 7) is 6.22. The Bertz CT molecular complexity index is 725. The lowest BCUT2D eigenvalue weighted by Crippen LogP contribution is -2.48. The van der Waals surface area contributed by atoms with Crippen molar-refractivity contribution >= 4 is 0 Å². The zero-order valence-electron chi connectivity index (χ0n) is 16.4. The van der Waals surface area contributed by atoms with Crippen LogP contribution >= 0.6 is 0 Å². The van der Waals surface area contributed by atoms with Crippen molar-refractivity contribution in [3.8, 4) is 0 Å². The Kier molecular flexibility index (Phi) is 5.02. The summed E-state index contributed by atoms with van der Waals surface area (Å²) in [4.78, 5) is 5.36. The minimum absolute atomic E-state index is 0.562. The van der Waals surface area contributed by atoms with Crippen molar-refractivity contribution < 1.29 is 0 Å².